The second-order valence-corrected chi connectivity index (χ2v) is 9.57. The van der Waals surface area contributed by atoms with Crippen LogP contribution in [0.2, 0.25) is 0 Å². The van der Waals surface area contributed by atoms with E-state index in [1.54, 1.807) is 11.1 Å². The van der Waals surface area contributed by atoms with Gasteiger partial charge in [-0.2, -0.15) is 0 Å². The van der Waals surface area contributed by atoms with Gasteiger partial charge in [0.25, 0.3) is 0 Å². The van der Waals surface area contributed by atoms with E-state index in [2.05, 4.69) is 77.1 Å². The van der Waals surface area contributed by atoms with E-state index >= 15 is 0 Å². The molecule has 0 aromatic heterocycles. The lowest BCUT2D eigenvalue weighted by atomic mass is 9.71. The normalized spacial score (nSPS) is 20.5. The molecule has 0 unspecified atom stereocenters. The average molecular weight is 359 g/mol. The van der Waals surface area contributed by atoms with E-state index < -0.39 is 0 Å². The van der Waals surface area contributed by atoms with Crippen molar-refractivity contribution in [1.29, 1.82) is 0 Å². The van der Waals surface area contributed by atoms with Crippen molar-refractivity contribution in [2.75, 3.05) is 0 Å². The molecule has 0 N–H and O–H groups in total. The molecular formula is C27H34. The Morgan fingerprint density at radius 3 is 2.48 bits per heavy atom. The molecule has 0 aliphatic heterocycles. The second kappa shape index (κ2) is 6.97. The molecule has 0 bridgehead atoms. The van der Waals surface area contributed by atoms with Crippen molar-refractivity contribution >= 4 is 21.5 Å². The molecule has 0 nitrogen and oxygen atoms in total. The number of hydrogen-bond donors (Lipinski definition) is 0. The molecule has 1 aliphatic carbocycles. The van der Waals surface area contributed by atoms with Crippen molar-refractivity contribution in [3.63, 3.8) is 0 Å². The van der Waals surface area contributed by atoms with Crippen molar-refractivity contribution in [2.45, 2.75) is 72.1 Å². The number of rotatable bonds is 5. The van der Waals surface area contributed by atoms with Crippen LogP contribution in [0.25, 0.3) is 21.5 Å². The highest BCUT2D eigenvalue weighted by Crippen LogP contribution is 2.48. The third-order valence-electron chi connectivity index (χ3n) is 7.38. The van der Waals surface area contributed by atoms with Crippen LogP contribution in [0.15, 0.2) is 42.5 Å². The fraction of sp³-hybridized carbons (Fsp3) is 0.481. The summed E-state index contributed by atoms with van der Waals surface area (Å²) in [7, 11) is 0. The zero-order valence-corrected chi connectivity index (χ0v) is 17.7. The summed E-state index contributed by atoms with van der Waals surface area (Å²) in [5.41, 5.74) is 4.97. The van der Waals surface area contributed by atoms with Crippen molar-refractivity contribution in [3.05, 3.63) is 59.2 Å². The predicted molar refractivity (Wildman–Crippen MR) is 120 cm³/mol. The molecule has 4 rings (SSSR count). The Balaban J connectivity index is 1.76. The van der Waals surface area contributed by atoms with Crippen LogP contribution in [0, 0.1) is 18.8 Å². The Bertz CT molecular complexity index is 978. The molecule has 0 spiro atoms. The van der Waals surface area contributed by atoms with Gasteiger partial charge >= 0.3 is 0 Å². The highest BCUT2D eigenvalue weighted by Gasteiger charge is 2.39. The summed E-state index contributed by atoms with van der Waals surface area (Å²) in [6, 6.07) is 16.2. The average Bonchev–Trinajstić information content (AvgIpc) is 2.99. The maximum Gasteiger partial charge on any atom is -0.00435 e. The quantitative estimate of drug-likeness (QED) is 0.406. The van der Waals surface area contributed by atoms with Gasteiger partial charge in [-0.1, -0.05) is 83.0 Å². The van der Waals surface area contributed by atoms with E-state index in [0.29, 0.717) is 5.41 Å². The summed E-state index contributed by atoms with van der Waals surface area (Å²) in [5, 5.41) is 5.75. The fourth-order valence-corrected chi connectivity index (χ4v) is 5.43. The maximum absolute atomic E-state index is 2.52. The molecule has 3 aromatic rings. The van der Waals surface area contributed by atoms with Crippen LogP contribution in [0.1, 0.15) is 70.1 Å². The molecule has 0 amide bonds. The van der Waals surface area contributed by atoms with E-state index in [-0.39, 0.29) is 0 Å². The first-order chi connectivity index (χ1) is 12.9. The van der Waals surface area contributed by atoms with Crippen LogP contribution in [0.5, 0.6) is 0 Å². The summed E-state index contributed by atoms with van der Waals surface area (Å²) in [4.78, 5) is 0. The van der Waals surface area contributed by atoms with Gasteiger partial charge in [0.15, 0.2) is 0 Å². The van der Waals surface area contributed by atoms with Gasteiger partial charge in [0.2, 0.25) is 0 Å². The van der Waals surface area contributed by atoms with Crippen LogP contribution in [0.3, 0.4) is 0 Å². The Morgan fingerprint density at radius 1 is 0.926 bits per heavy atom. The van der Waals surface area contributed by atoms with Crippen LogP contribution in [-0.2, 0) is 11.8 Å². The third kappa shape index (κ3) is 3.08. The predicted octanol–water partition coefficient (Wildman–Crippen LogP) is 7.97. The van der Waals surface area contributed by atoms with Crippen LogP contribution in [-0.4, -0.2) is 0 Å². The first-order valence-corrected chi connectivity index (χ1v) is 10.9. The molecule has 1 aliphatic rings. The van der Waals surface area contributed by atoms with E-state index in [1.165, 1.54) is 59.2 Å². The van der Waals surface area contributed by atoms with Gasteiger partial charge in [0.05, 0.1) is 0 Å². The minimum atomic E-state index is 0.335. The lowest BCUT2D eigenvalue weighted by molar-refractivity contribution is 0.283. The summed E-state index contributed by atoms with van der Waals surface area (Å²) in [6.07, 6.45) is 6.60. The van der Waals surface area contributed by atoms with E-state index in [9.17, 15) is 0 Å². The minimum absolute atomic E-state index is 0.335. The van der Waals surface area contributed by atoms with Crippen molar-refractivity contribution in [3.8, 4) is 0 Å². The van der Waals surface area contributed by atoms with Crippen molar-refractivity contribution in [2.24, 2.45) is 11.8 Å². The molecule has 27 heavy (non-hydrogen) atoms. The van der Waals surface area contributed by atoms with Crippen LogP contribution < -0.4 is 0 Å². The number of fused-ring (bicyclic) bond motifs is 5. The molecule has 0 heteroatoms. The molecule has 0 radical (unpaired) electrons. The van der Waals surface area contributed by atoms with Gasteiger partial charge < -0.3 is 0 Å². The van der Waals surface area contributed by atoms with Gasteiger partial charge in [-0.05, 0) is 81.7 Å². The smallest absolute Gasteiger partial charge is 0.00435 e. The van der Waals surface area contributed by atoms with E-state index in [4.69, 9.17) is 0 Å². The molecule has 0 saturated heterocycles. The summed E-state index contributed by atoms with van der Waals surface area (Å²) < 4.78 is 0. The lowest BCUT2D eigenvalue weighted by Gasteiger charge is -2.33. The highest BCUT2D eigenvalue weighted by atomic mass is 14.4. The summed E-state index contributed by atoms with van der Waals surface area (Å²) in [6.45, 7) is 11.9. The van der Waals surface area contributed by atoms with Crippen LogP contribution >= 0.6 is 0 Å². The fourth-order valence-electron chi connectivity index (χ4n) is 5.43. The zero-order valence-electron chi connectivity index (χ0n) is 17.7. The molecule has 0 heterocycles. The van der Waals surface area contributed by atoms with Crippen LogP contribution in [0.4, 0.5) is 0 Å². The van der Waals surface area contributed by atoms with Gasteiger partial charge in [-0.3, -0.25) is 0 Å². The van der Waals surface area contributed by atoms with E-state index in [0.717, 1.165) is 11.8 Å². The topological polar surface area (TPSA) is 0 Å². The van der Waals surface area contributed by atoms with Crippen molar-refractivity contribution < 1.29 is 0 Å². The maximum atomic E-state index is 2.52. The zero-order chi connectivity index (χ0) is 19.2. The SMILES string of the molecule is Cc1cccc2ccc3c4c(ccc3c12)[C@@](C)([C@H](C)CCCC(C)C)CC4. The monoisotopic (exact) mass is 358 g/mol. The molecular weight excluding hydrogens is 324 g/mol. The second-order valence-electron chi connectivity index (χ2n) is 9.57. The highest BCUT2D eigenvalue weighted by molar-refractivity contribution is 6.10. The number of aryl methyl sites for hydroxylation is 2. The Kier molecular flexibility index (Phi) is 4.78. The van der Waals surface area contributed by atoms with Gasteiger partial charge in [-0.15, -0.1) is 0 Å². The van der Waals surface area contributed by atoms with Crippen molar-refractivity contribution in [1.82, 2.24) is 0 Å². The number of hydrogen-bond acceptors (Lipinski definition) is 0. The standard InChI is InChI=1S/C27H34/c1-18(2)8-6-10-20(4)27(5)17-16-23-22-13-12-21-11-7-9-19(3)26(21)24(22)14-15-25(23)27/h7,9,11-15,18,20H,6,8,10,16-17H2,1-5H3/t20-,27-/m1/s1. The Morgan fingerprint density at radius 2 is 1.70 bits per heavy atom. The van der Waals surface area contributed by atoms with Gasteiger partial charge in [0, 0.05) is 0 Å². The first kappa shape index (κ1) is 18.5. The molecule has 142 valence electrons. The molecule has 3 aromatic carbocycles. The summed E-state index contributed by atoms with van der Waals surface area (Å²) >= 11 is 0. The van der Waals surface area contributed by atoms with E-state index in [1.807, 2.05) is 0 Å². The number of benzene rings is 3. The first-order valence-electron chi connectivity index (χ1n) is 10.9. The largest absolute Gasteiger partial charge is 0.0628 e. The van der Waals surface area contributed by atoms with Gasteiger partial charge in [0.1, 0.15) is 0 Å². The minimum Gasteiger partial charge on any atom is -0.0628 e. The molecule has 0 saturated carbocycles. The Labute approximate surface area is 165 Å². The molecule has 0 fully saturated rings. The third-order valence-corrected chi connectivity index (χ3v) is 7.38. The van der Waals surface area contributed by atoms with Gasteiger partial charge in [-0.25, -0.2) is 0 Å². The lowest BCUT2D eigenvalue weighted by Crippen LogP contribution is -2.27. The Hall–Kier alpha value is -1.82. The molecule has 2 atom stereocenters. The summed E-state index contributed by atoms with van der Waals surface area (Å²) in [5.74, 6) is 1.57.